The number of amides is 1. The van der Waals surface area contributed by atoms with E-state index in [0.29, 0.717) is 19.5 Å². The van der Waals surface area contributed by atoms with Gasteiger partial charge >= 0.3 is 0 Å². The van der Waals surface area contributed by atoms with Crippen LogP contribution in [0.25, 0.3) is 0 Å². The molecule has 1 fully saturated rings. The van der Waals surface area contributed by atoms with E-state index in [1.807, 2.05) is 18.2 Å². The van der Waals surface area contributed by atoms with Gasteiger partial charge in [-0.3, -0.25) is 9.69 Å². The maximum absolute atomic E-state index is 12.0. The van der Waals surface area contributed by atoms with Crippen LogP contribution in [-0.4, -0.2) is 63.9 Å². The number of aryl methyl sites for hydroxylation is 2. The van der Waals surface area contributed by atoms with E-state index >= 15 is 0 Å². The lowest BCUT2D eigenvalue weighted by molar-refractivity contribution is -0.121. The fourth-order valence-electron chi connectivity index (χ4n) is 3.11. The molecule has 3 rings (SSSR count). The van der Waals surface area contributed by atoms with Gasteiger partial charge in [0.2, 0.25) is 5.91 Å². The number of morpholine rings is 1. The van der Waals surface area contributed by atoms with Crippen LogP contribution in [-0.2, 0) is 29.0 Å². The third-order valence-corrected chi connectivity index (χ3v) is 4.66. The molecule has 2 heterocycles. The average Bonchev–Trinajstić information content (AvgIpc) is 3.14. The Morgan fingerprint density at radius 3 is 2.78 bits per heavy atom. The molecule has 0 radical (unpaired) electrons. The average molecular weight is 372 g/mol. The second-order valence-corrected chi connectivity index (χ2v) is 6.75. The van der Waals surface area contributed by atoms with E-state index in [-0.39, 0.29) is 5.91 Å². The van der Waals surface area contributed by atoms with Gasteiger partial charge < -0.3 is 10.1 Å². The van der Waals surface area contributed by atoms with Gasteiger partial charge in [0.1, 0.15) is 0 Å². The standard InChI is InChI=1S/C19H28N6O2/c26-19(20-10-4-8-17-6-2-1-3-7-17)9-5-11-25-18(21-22-23-25)16-24-12-14-27-15-13-24/h1-3,6-7H,4-5,8-16H2,(H,20,26). The molecule has 1 saturated heterocycles. The molecule has 8 nitrogen and oxygen atoms in total. The van der Waals surface area contributed by atoms with Crippen LogP contribution in [0.1, 0.15) is 30.7 Å². The summed E-state index contributed by atoms with van der Waals surface area (Å²) in [6.45, 7) is 5.40. The Balaban J connectivity index is 1.30. The third-order valence-electron chi connectivity index (χ3n) is 4.66. The largest absolute Gasteiger partial charge is 0.379 e. The second kappa shape index (κ2) is 10.7. The van der Waals surface area contributed by atoms with Crippen LogP contribution in [0.5, 0.6) is 0 Å². The van der Waals surface area contributed by atoms with Crippen LogP contribution in [0.15, 0.2) is 30.3 Å². The van der Waals surface area contributed by atoms with E-state index in [4.69, 9.17) is 4.74 Å². The first-order valence-corrected chi connectivity index (χ1v) is 9.67. The van der Waals surface area contributed by atoms with Gasteiger partial charge in [0.05, 0.1) is 19.8 Å². The van der Waals surface area contributed by atoms with Crippen molar-refractivity contribution in [3.63, 3.8) is 0 Å². The second-order valence-electron chi connectivity index (χ2n) is 6.75. The number of benzene rings is 1. The van der Waals surface area contributed by atoms with Crippen LogP contribution >= 0.6 is 0 Å². The molecule has 0 spiro atoms. The highest BCUT2D eigenvalue weighted by Crippen LogP contribution is 2.05. The summed E-state index contributed by atoms with van der Waals surface area (Å²) < 4.78 is 7.16. The van der Waals surface area contributed by atoms with Crippen LogP contribution in [0.3, 0.4) is 0 Å². The number of rotatable bonds is 10. The van der Waals surface area contributed by atoms with Crippen molar-refractivity contribution in [1.82, 2.24) is 30.4 Å². The van der Waals surface area contributed by atoms with Gasteiger partial charge in [0, 0.05) is 32.6 Å². The molecular weight excluding hydrogens is 344 g/mol. The van der Waals surface area contributed by atoms with Gasteiger partial charge in [-0.25, -0.2) is 4.68 Å². The van der Waals surface area contributed by atoms with Crippen LogP contribution in [0.2, 0.25) is 0 Å². The van der Waals surface area contributed by atoms with E-state index in [0.717, 1.165) is 57.9 Å². The number of nitrogens with zero attached hydrogens (tertiary/aromatic N) is 5. The van der Waals surface area contributed by atoms with Crippen molar-refractivity contribution in [2.75, 3.05) is 32.8 Å². The molecule has 2 aromatic rings. The summed E-state index contributed by atoms with van der Waals surface area (Å²) in [6, 6.07) is 10.3. The minimum Gasteiger partial charge on any atom is -0.379 e. The number of carbonyl (C=O) groups excluding carboxylic acids is 1. The monoisotopic (exact) mass is 372 g/mol. The molecule has 1 aromatic carbocycles. The lowest BCUT2D eigenvalue weighted by atomic mass is 10.1. The first-order chi connectivity index (χ1) is 13.3. The predicted molar refractivity (Wildman–Crippen MR) is 101 cm³/mol. The van der Waals surface area contributed by atoms with Crippen molar-refractivity contribution in [3.8, 4) is 0 Å². The number of carbonyl (C=O) groups is 1. The zero-order valence-corrected chi connectivity index (χ0v) is 15.7. The zero-order chi connectivity index (χ0) is 18.7. The Kier molecular flexibility index (Phi) is 7.73. The molecule has 0 saturated carbocycles. The van der Waals surface area contributed by atoms with Gasteiger partial charge in [-0.05, 0) is 35.3 Å². The maximum atomic E-state index is 12.0. The van der Waals surface area contributed by atoms with Crippen molar-refractivity contribution in [2.45, 2.75) is 38.8 Å². The van der Waals surface area contributed by atoms with Crippen molar-refractivity contribution in [1.29, 1.82) is 0 Å². The molecule has 1 N–H and O–H groups in total. The van der Waals surface area contributed by atoms with E-state index in [1.54, 1.807) is 4.68 Å². The number of hydrogen-bond acceptors (Lipinski definition) is 6. The molecule has 0 bridgehead atoms. The molecule has 1 aromatic heterocycles. The molecule has 8 heteroatoms. The molecule has 1 amide bonds. The molecule has 146 valence electrons. The Hall–Kier alpha value is -2.32. The van der Waals surface area contributed by atoms with E-state index in [9.17, 15) is 4.79 Å². The Labute approximate surface area is 159 Å². The summed E-state index contributed by atoms with van der Waals surface area (Å²) in [5, 5.41) is 14.9. The molecule has 27 heavy (non-hydrogen) atoms. The topological polar surface area (TPSA) is 85.2 Å². The van der Waals surface area contributed by atoms with Gasteiger partial charge in [0.25, 0.3) is 0 Å². The lowest BCUT2D eigenvalue weighted by Gasteiger charge is -2.25. The summed E-state index contributed by atoms with van der Waals surface area (Å²) >= 11 is 0. The molecule has 1 aliphatic heterocycles. The summed E-state index contributed by atoms with van der Waals surface area (Å²) in [4.78, 5) is 14.3. The van der Waals surface area contributed by atoms with E-state index < -0.39 is 0 Å². The normalized spacial score (nSPS) is 15.0. The number of ether oxygens (including phenoxy) is 1. The van der Waals surface area contributed by atoms with Crippen molar-refractivity contribution >= 4 is 5.91 Å². The fourth-order valence-corrected chi connectivity index (χ4v) is 3.11. The van der Waals surface area contributed by atoms with Crippen LogP contribution in [0, 0.1) is 0 Å². The Morgan fingerprint density at radius 2 is 1.96 bits per heavy atom. The third kappa shape index (κ3) is 6.73. The molecule has 0 aliphatic carbocycles. The number of tetrazole rings is 1. The molecule has 0 atom stereocenters. The highest BCUT2D eigenvalue weighted by Gasteiger charge is 2.15. The van der Waals surface area contributed by atoms with Crippen LogP contribution < -0.4 is 5.32 Å². The zero-order valence-electron chi connectivity index (χ0n) is 15.7. The fraction of sp³-hybridized carbons (Fsp3) is 0.579. The van der Waals surface area contributed by atoms with Gasteiger partial charge in [-0.2, -0.15) is 0 Å². The van der Waals surface area contributed by atoms with Crippen LogP contribution in [0.4, 0.5) is 0 Å². The van der Waals surface area contributed by atoms with Gasteiger partial charge in [0.15, 0.2) is 5.82 Å². The van der Waals surface area contributed by atoms with Crippen molar-refractivity contribution in [2.24, 2.45) is 0 Å². The molecule has 0 unspecified atom stereocenters. The predicted octanol–water partition coefficient (Wildman–Crippen LogP) is 1.03. The first kappa shape index (κ1) is 19.4. The summed E-state index contributed by atoms with van der Waals surface area (Å²) in [6.07, 6.45) is 3.15. The Bertz CT molecular complexity index is 685. The van der Waals surface area contributed by atoms with Gasteiger partial charge in [-0.15, -0.1) is 5.10 Å². The summed E-state index contributed by atoms with van der Waals surface area (Å²) in [5.41, 5.74) is 1.30. The minimum absolute atomic E-state index is 0.0888. The molecule has 1 aliphatic rings. The number of aromatic nitrogens is 4. The van der Waals surface area contributed by atoms with Gasteiger partial charge in [-0.1, -0.05) is 30.3 Å². The SMILES string of the molecule is O=C(CCCn1nnnc1CN1CCOCC1)NCCCc1ccccc1. The quantitative estimate of drug-likeness (QED) is 0.627. The minimum atomic E-state index is 0.0888. The summed E-state index contributed by atoms with van der Waals surface area (Å²) in [5.74, 6) is 0.936. The van der Waals surface area contributed by atoms with E-state index in [2.05, 4.69) is 37.9 Å². The highest BCUT2D eigenvalue weighted by atomic mass is 16.5. The number of nitrogens with one attached hydrogen (secondary N) is 1. The smallest absolute Gasteiger partial charge is 0.220 e. The first-order valence-electron chi connectivity index (χ1n) is 9.67. The lowest BCUT2D eigenvalue weighted by Crippen LogP contribution is -2.36. The summed E-state index contributed by atoms with van der Waals surface area (Å²) in [7, 11) is 0. The highest BCUT2D eigenvalue weighted by molar-refractivity contribution is 5.75. The van der Waals surface area contributed by atoms with Crippen molar-refractivity contribution < 1.29 is 9.53 Å². The maximum Gasteiger partial charge on any atom is 0.220 e. The van der Waals surface area contributed by atoms with E-state index in [1.165, 1.54) is 5.56 Å². The molecular formula is C19H28N6O2. The number of hydrogen-bond donors (Lipinski definition) is 1. The van der Waals surface area contributed by atoms with Crippen molar-refractivity contribution in [3.05, 3.63) is 41.7 Å². The Morgan fingerprint density at radius 1 is 1.15 bits per heavy atom.